The number of carbonyl (C=O) groups is 2. The highest BCUT2D eigenvalue weighted by Gasteiger charge is 2.31. The van der Waals surface area contributed by atoms with Gasteiger partial charge < -0.3 is 30.9 Å². The number of aliphatic hydroxyl groups is 2. The van der Waals surface area contributed by atoms with E-state index in [-0.39, 0.29) is 17.8 Å². The Morgan fingerprint density at radius 3 is 2.28 bits per heavy atom. The fraction of sp³-hybridized carbons (Fsp3) is 0.312. The van der Waals surface area contributed by atoms with Gasteiger partial charge in [-0.25, -0.2) is 4.79 Å². The van der Waals surface area contributed by atoms with Crippen LogP contribution >= 0.6 is 0 Å². The lowest BCUT2D eigenvalue weighted by Crippen LogP contribution is -2.40. The number of nitrogens with zero attached hydrogens (tertiary/aromatic N) is 1. The minimum Gasteiger partial charge on any atom is -0.479 e. The van der Waals surface area contributed by atoms with Gasteiger partial charge in [-0.05, 0) is 97.3 Å². The fourth-order valence-corrected chi connectivity index (χ4v) is 4.88. The molecule has 0 saturated carbocycles. The molecule has 0 fully saturated rings. The largest absolute Gasteiger partial charge is 0.479 e. The van der Waals surface area contributed by atoms with E-state index in [9.17, 15) is 33.0 Å². The molecule has 8 nitrogen and oxygen atoms in total. The van der Waals surface area contributed by atoms with E-state index in [0.29, 0.717) is 16.8 Å². The van der Waals surface area contributed by atoms with Crippen molar-refractivity contribution in [2.24, 2.45) is 0 Å². The highest BCUT2D eigenvalue weighted by molar-refractivity contribution is 5.94. The summed E-state index contributed by atoms with van der Waals surface area (Å²) in [5, 5.41) is 34.6. The van der Waals surface area contributed by atoms with E-state index in [1.807, 2.05) is 24.3 Å². The van der Waals surface area contributed by atoms with Crippen molar-refractivity contribution in [1.82, 2.24) is 5.32 Å². The van der Waals surface area contributed by atoms with E-state index in [1.165, 1.54) is 23.8 Å². The number of anilines is 2. The number of alkyl halides is 3. The number of hydrogen-bond acceptors (Lipinski definition) is 6. The molecule has 0 bridgehead atoms. The van der Waals surface area contributed by atoms with Gasteiger partial charge >= 0.3 is 12.1 Å². The van der Waals surface area contributed by atoms with E-state index in [0.717, 1.165) is 43.4 Å². The molecule has 43 heavy (non-hydrogen) atoms. The lowest BCUT2D eigenvalue weighted by atomic mass is 9.93. The van der Waals surface area contributed by atoms with Gasteiger partial charge in [0.25, 0.3) is 5.91 Å². The Morgan fingerprint density at radius 1 is 0.977 bits per heavy atom. The number of carboxylic acid groups (broad SMARTS) is 1. The van der Waals surface area contributed by atoms with E-state index >= 15 is 0 Å². The molecule has 3 aromatic carbocycles. The summed E-state index contributed by atoms with van der Waals surface area (Å²) < 4.78 is 40.3. The fourth-order valence-electron chi connectivity index (χ4n) is 4.88. The van der Waals surface area contributed by atoms with Gasteiger partial charge in [0.1, 0.15) is 0 Å². The lowest BCUT2D eigenvalue weighted by Gasteiger charge is -2.32. The van der Waals surface area contributed by atoms with Crippen LogP contribution in [0, 0.1) is 6.92 Å². The average Bonchev–Trinajstić information content (AvgIpc) is 2.98. The van der Waals surface area contributed by atoms with Gasteiger partial charge in [0, 0.05) is 23.5 Å². The van der Waals surface area contributed by atoms with Gasteiger partial charge in [0.05, 0.1) is 12.1 Å². The summed E-state index contributed by atoms with van der Waals surface area (Å²) in [6, 6.07) is 17.5. The number of aliphatic hydroxyl groups excluding tert-OH is 2. The smallest absolute Gasteiger partial charge is 0.416 e. The van der Waals surface area contributed by atoms with Crippen LogP contribution < -0.4 is 15.5 Å². The predicted octanol–water partition coefficient (Wildman–Crippen LogP) is 5.54. The van der Waals surface area contributed by atoms with Gasteiger partial charge in [-0.1, -0.05) is 30.3 Å². The summed E-state index contributed by atoms with van der Waals surface area (Å²) in [6.07, 6.45) is -1.18. The Labute approximate surface area is 247 Å². The van der Waals surface area contributed by atoms with Crippen molar-refractivity contribution in [3.05, 3.63) is 101 Å². The quantitative estimate of drug-likeness (QED) is 0.184. The first kappa shape index (κ1) is 31.6. The van der Waals surface area contributed by atoms with E-state index in [4.69, 9.17) is 5.11 Å². The summed E-state index contributed by atoms with van der Waals surface area (Å²) in [5.74, 6) is -2.02. The topological polar surface area (TPSA) is 122 Å². The highest BCUT2D eigenvalue weighted by Crippen LogP contribution is 2.33. The standard InChI is InChI=1S/C32H34F3N3O5/c1-20-15-25(32(33,34)35)17-26(16-20)37-31(43)38(27-13-11-23(12-14-27)22-5-3-2-4-6-22)19-21-7-9-24(10-8-21)29(40)36-18-28(39)30(41)42/h5,7-17,28,31,37,39,43H,2-4,6,18-19H2,1H3,(H,36,40)(H,41,42)/t28-,31?/m1/s1. The molecule has 5 N–H and O–H groups in total. The number of nitrogens with one attached hydrogen (secondary N) is 2. The molecule has 4 rings (SSSR count). The van der Waals surface area contributed by atoms with E-state index in [1.54, 1.807) is 24.0 Å². The highest BCUT2D eigenvalue weighted by atomic mass is 19.4. The molecular formula is C32H34F3N3O5. The van der Waals surface area contributed by atoms with Gasteiger partial charge in [0.2, 0.25) is 6.35 Å². The monoisotopic (exact) mass is 597 g/mol. The molecule has 228 valence electrons. The number of aryl methyl sites for hydroxylation is 1. The average molecular weight is 598 g/mol. The molecule has 1 unspecified atom stereocenters. The second kappa shape index (κ2) is 13.7. The minimum absolute atomic E-state index is 0.101. The molecule has 0 spiro atoms. The molecule has 0 aliphatic heterocycles. The number of carbonyl (C=O) groups excluding carboxylic acids is 1. The number of carboxylic acids is 1. The lowest BCUT2D eigenvalue weighted by molar-refractivity contribution is -0.146. The van der Waals surface area contributed by atoms with Crippen LogP contribution in [0.4, 0.5) is 24.5 Å². The molecule has 1 aliphatic rings. The van der Waals surface area contributed by atoms with E-state index in [2.05, 4.69) is 16.7 Å². The van der Waals surface area contributed by atoms with Crippen molar-refractivity contribution in [1.29, 1.82) is 0 Å². The molecule has 0 aromatic heterocycles. The van der Waals surface area contributed by atoms with Crippen LogP contribution in [0.1, 0.15) is 58.3 Å². The Balaban J connectivity index is 1.57. The molecule has 11 heteroatoms. The van der Waals surface area contributed by atoms with Crippen molar-refractivity contribution < 1.29 is 38.1 Å². The van der Waals surface area contributed by atoms with Crippen molar-refractivity contribution in [3.63, 3.8) is 0 Å². The maximum absolute atomic E-state index is 13.4. The summed E-state index contributed by atoms with van der Waals surface area (Å²) in [6.45, 7) is 1.22. The van der Waals surface area contributed by atoms with Gasteiger partial charge in [-0.2, -0.15) is 13.2 Å². The van der Waals surface area contributed by atoms with Crippen LogP contribution in [0.15, 0.2) is 72.8 Å². The predicted molar refractivity (Wildman–Crippen MR) is 157 cm³/mol. The number of allylic oxidation sites excluding steroid dienone is 2. The normalized spacial score (nSPS) is 14.8. The Kier molecular flexibility index (Phi) is 10.1. The molecule has 0 radical (unpaired) electrons. The van der Waals surface area contributed by atoms with Crippen molar-refractivity contribution in [3.8, 4) is 0 Å². The summed E-state index contributed by atoms with van der Waals surface area (Å²) in [4.78, 5) is 24.7. The Morgan fingerprint density at radius 2 is 1.67 bits per heavy atom. The van der Waals surface area contributed by atoms with Crippen molar-refractivity contribution >= 4 is 28.8 Å². The molecule has 2 atom stereocenters. The van der Waals surface area contributed by atoms with Gasteiger partial charge in [0.15, 0.2) is 6.10 Å². The van der Waals surface area contributed by atoms with Gasteiger partial charge in [-0.15, -0.1) is 0 Å². The molecule has 1 amide bonds. The maximum Gasteiger partial charge on any atom is 0.416 e. The second-order valence-corrected chi connectivity index (χ2v) is 10.5. The first-order valence-electron chi connectivity index (χ1n) is 13.9. The number of benzene rings is 3. The zero-order valence-electron chi connectivity index (χ0n) is 23.6. The third kappa shape index (κ3) is 8.59. The SMILES string of the molecule is Cc1cc(NC(O)N(Cc2ccc(C(=O)NC[C@@H](O)C(=O)O)cc2)c2ccc(C3=CCCCC3)cc2)cc(C(F)(F)F)c1. The Hall–Kier alpha value is -4.35. The van der Waals surface area contributed by atoms with Crippen molar-refractivity contribution in [2.45, 2.75) is 57.8 Å². The number of halogens is 3. The van der Waals surface area contributed by atoms with Crippen LogP contribution in [0.3, 0.4) is 0 Å². The Bertz CT molecular complexity index is 1460. The van der Waals surface area contributed by atoms with Crippen LogP contribution in [-0.4, -0.2) is 46.2 Å². The zero-order valence-corrected chi connectivity index (χ0v) is 23.6. The molecule has 0 heterocycles. The number of rotatable bonds is 11. The van der Waals surface area contributed by atoms with E-state index < -0.39 is 42.6 Å². The van der Waals surface area contributed by atoms with Crippen molar-refractivity contribution in [2.75, 3.05) is 16.8 Å². The van der Waals surface area contributed by atoms with Crippen LogP contribution in [0.5, 0.6) is 0 Å². The van der Waals surface area contributed by atoms with Gasteiger partial charge in [-0.3, -0.25) is 4.79 Å². The second-order valence-electron chi connectivity index (χ2n) is 10.5. The van der Waals surface area contributed by atoms with Crippen LogP contribution in [-0.2, 0) is 17.5 Å². The maximum atomic E-state index is 13.4. The molecule has 3 aromatic rings. The first-order valence-corrected chi connectivity index (χ1v) is 13.9. The number of amides is 1. The number of aliphatic carboxylic acids is 1. The molecule has 1 aliphatic carbocycles. The molecule has 0 saturated heterocycles. The summed E-state index contributed by atoms with van der Waals surface area (Å²) in [7, 11) is 0. The third-order valence-corrected chi connectivity index (χ3v) is 7.17. The van der Waals surface area contributed by atoms with Crippen LogP contribution in [0.25, 0.3) is 5.57 Å². The summed E-state index contributed by atoms with van der Waals surface area (Å²) in [5.41, 5.74) is 3.51. The van der Waals surface area contributed by atoms with Crippen LogP contribution in [0.2, 0.25) is 0 Å². The minimum atomic E-state index is -4.55. The number of hydrogen-bond donors (Lipinski definition) is 5. The zero-order chi connectivity index (χ0) is 31.1. The first-order chi connectivity index (χ1) is 20.4. The third-order valence-electron chi connectivity index (χ3n) is 7.17. The molecular weight excluding hydrogens is 563 g/mol. The summed E-state index contributed by atoms with van der Waals surface area (Å²) >= 11 is 0.